The lowest BCUT2D eigenvalue weighted by Crippen LogP contribution is -2.49. The molecule has 0 aromatic rings. The van der Waals surface area contributed by atoms with Crippen LogP contribution in [-0.2, 0) is 0 Å². The highest BCUT2D eigenvalue weighted by molar-refractivity contribution is 5.26. The maximum Gasteiger partial charge on any atom is 0.0785 e. The van der Waals surface area contributed by atoms with E-state index in [0.29, 0.717) is 12.8 Å². The van der Waals surface area contributed by atoms with Gasteiger partial charge >= 0.3 is 0 Å². The van der Waals surface area contributed by atoms with E-state index in [1.807, 2.05) is 0 Å². The highest BCUT2D eigenvalue weighted by atomic mass is 14.6. The summed E-state index contributed by atoms with van der Waals surface area (Å²) in [4.78, 5) is 0. The van der Waals surface area contributed by atoms with Crippen molar-refractivity contribution in [3.8, 4) is 36.4 Å². The van der Waals surface area contributed by atoms with Gasteiger partial charge in [0.1, 0.15) is 0 Å². The SMILES string of the molecule is N#CC1CC(C#N)CC(C#N)(C2(C#N)C[C@H](C#N)C[C@H](C#N)C2)C1. The lowest BCUT2D eigenvalue weighted by atomic mass is 9.48. The van der Waals surface area contributed by atoms with Gasteiger partial charge in [0.25, 0.3) is 0 Å². The lowest BCUT2D eigenvalue weighted by Gasteiger charge is -2.49. The quantitative estimate of drug-likeness (QED) is 0.727. The zero-order valence-corrected chi connectivity index (χ0v) is 13.2. The summed E-state index contributed by atoms with van der Waals surface area (Å²) in [5.74, 6) is -1.85. The van der Waals surface area contributed by atoms with Crippen LogP contribution in [0.15, 0.2) is 0 Å². The molecule has 6 heteroatoms. The number of rotatable bonds is 1. The van der Waals surface area contributed by atoms with E-state index < -0.39 is 34.5 Å². The van der Waals surface area contributed by atoms with Crippen molar-refractivity contribution in [1.82, 2.24) is 0 Å². The van der Waals surface area contributed by atoms with Gasteiger partial charge in [0.2, 0.25) is 0 Å². The highest BCUT2D eigenvalue weighted by Gasteiger charge is 2.59. The van der Waals surface area contributed by atoms with E-state index in [2.05, 4.69) is 36.4 Å². The van der Waals surface area contributed by atoms with Crippen molar-refractivity contribution in [1.29, 1.82) is 31.6 Å². The number of hydrogen-bond donors (Lipinski definition) is 0. The number of nitrogens with zero attached hydrogens (tertiary/aromatic N) is 6. The molecule has 0 radical (unpaired) electrons. The Kier molecular flexibility index (Phi) is 4.75. The Morgan fingerprint density at radius 2 is 0.750 bits per heavy atom. The molecule has 2 aliphatic rings. The van der Waals surface area contributed by atoms with E-state index in [1.165, 1.54) is 0 Å². The van der Waals surface area contributed by atoms with Crippen LogP contribution in [0.5, 0.6) is 0 Å². The van der Waals surface area contributed by atoms with Gasteiger partial charge in [-0.15, -0.1) is 0 Å². The van der Waals surface area contributed by atoms with Gasteiger partial charge < -0.3 is 0 Å². The number of nitriles is 6. The summed E-state index contributed by atoms with van der Waals surface area (Å²) >= 11 is 0. The molecule has 0 aromatic heterocycles. The molecule has 2 saturated carbocycles. The lowest BCUT2D eigenvalue weighted by molar-refractivity contribution is 0.0159. The van der Waals surface area contributed by atoms with Crippen LogP contribution >= 0.6 is 0 Å². The Balaban J connectivity index is 2.54. The zero-order valence-electron chi connectivity index (χ0n) is 13.2. The van der Waals surface area contributed by atoms with Gasteiger partial charge in [0.15, 0.2) is 0 Å². The van der Waals surface area contributed by atoms with Crippen LogP contribution in [0.25, 0.3) is 0 Å². The maximum absolute atomic E-state index is 9.95. The van der Waals surface area contributed by atoms with Gasteiger partial charge in [-0.2, -0.15) is 31.6 Å². The van der Waals surface area contributed by atoms with E-state index in [4.69, 9.17) is 0 Å². The van der Waals surface area contributed by atoms with Crippen molar-refractivity contribution in [2.75, 3.05) is 0 Å². The summed E-state index contributed by atoms with van der Waals surface area (Å²) in [6, 6.07) is 13.1. The van der Waals surface area contributed by atoms with Crippen LogP contribution in [0.1, 0.15) is 38.5 Å². The molecule has 0 bridgehead atoms. The predicted octanol–water partition coefficient (Wildman–Crippen LogP) is 2.93. The van der Waals surface area contributed by atoms with Crippen LogP contribution < -0.4 is 0 Å². The normalized spacial score (nSPS) is 41.2. The molecule has 0 saturated heterocycles. The standard InChI is InChI=1S/C18H16N6/c19-7-13-1-14(8-20)4-17(3-13,11-23)18(12-24)5-15(9-21)2-16(6-18)10-22/h13-16H,1-6H2/t13-,14+,15?,16?,17?,18?. The second-order valence-corrected chi connectivity index (χ2v) is 6.98. The molecule has 2 aliphatic carbocycles. The van der Waals surface area contributed by atoms with Crippen molar-refractivity contribution in [2.24, 2.45) is 34.5 Å². The fourth-order valence-corrected chi connectivity index (χ4v) is 4.44. The highest BCUT2D eigenvalue weighted by Crippen LogP contribution is 2.60. The van der Waals surface area contributed by atoms with Crippen molar-refractivity contribution in [2.45, 2.75) is 38.5 Å². The minimum Gasteiger partial charge on any atom is -0.198 e. The Hall–Kier alpha value is -3.06. The van der Waals surface area contributed by atoms with E-state index >= 15 is 0 Å². The zero-order chi connectivity index (χ0) is 17.8. The van der Waals surface area contributed by atoms with Crippen molar-refractivity contribution >= 4 is 0 Å². The van der Waals surface area contributed by atoms with Crippen LogP contribution in [0, 0.1) is 102 Å². The molecule has 3 unspecified atom stereocenters. The monoisotopic (exact) mass is 316 g/mol. The molecular formula is C18H16N6. The minimum absolute atomic E-state index is 0.224. The first-order valence-electron chi connectivity index (χ1n) is 7.93. The van der Waals surface area contributed by atoms with Gasteiger partial charge in [-0.05, 0) is 38.5 Å². The first kappa shape index (κ1) is 17.3. The summed E-state index contributed by atoms with van der Waals surface area (Å²) in [6.45, 7) is 0. The second kappa shape index (κ2) is 6.59. The Bertz CT molecular complexity index is 646. The third-order valence-corrected chi connectivity index (χ3v) is 5.59. The van der Waals surface area contributed by atoms with E-state index in [0.717, 1.165) is 0 Å². The molecule has 0 amide bonds. The molecule has 5 atom stereocenters. The summed E-state index contributed by atoms with van der Waals surface area (Å²) in [7, 11) is 0. The summed E-state index contributed by atoms with van der Waals surface area (Å²) < 4.78 is 0. The molecular weight excluding hydrogens is 300 g/mol. The first-order valence-corrected chi connectivity index (χ1v) is 7.93. The molecule has 2 fully saturated rings. The van der Waals surface area contributed by atoms with E-state index in [1.54, 1.807) is 0 Å². The summed E-state index contributed by atoms with van der Waals surface area (Å²) in [6.07, 6.45) is 1.71. The molecule has 0 heterocycles. The van der Waals surface area contributed by atoms with Gasteiger partial charge in [-0.25, -0.2) is 0 Å². The maximum atomic E-state index is 9.95. The minimum atomic E-state index is -1.16. The topological polar surface area (TPSA) is 143 Å². The van der Waals surface area contributed by atoms with E-state index in [-0.39, 0.29) is 25.7 Å². The smallest absolute Gasteiger partial charge is 0.0785 e. The molecule has 0 aliphatic heterocycles. The molecule has 0 aromatic carbocycles. The van der Waals surface area contributed by atoms with Gasteiger partial charge in [0.05, 0.1) is 47.2 Å². The number of hydrogen-bond acceptors (Lipinski definition) is 6. The fraction of sp³-hybridized carbons (Fsp3) is 0.667. The largest absolute Gasteiger partial charge is 0.198 e. The second-order valence-electron chi connectivity index (χ2n) is 6.98. The van der Waals surface area contributed by atoms with Gasteiger partial charge in [0, 0.05) is 23.7 Å². The molecule has 6 nitrogen and oxygen atoms in total. The third kappa shape index (κ3) is 2.65. The van der Waals surface area contributed by atoms with Crippen LogP contribution in [0.4, 0.5) is 0 Å². The van der Waals surface area contributed by atoms with Crippen LogP contribution in [0.2, 0.25) is 0 Å². The molecule has 118 valence electrons. The summed E-state index contributed by atoms with van der Waals surface area (Å²) in [5, 5.41) is 57.2. The van der Waals surface area contributed by atoms with Crippen molar-refractivity contribution in [3.05, 3.63) is 0 Å². The Morgan fingerprint density at radius 3 is 0.917 bits per heavy atom. The van der Waals surface area contributed by atoms with Crippen LogP contribution in [0.3, 0.4) is 0 Å². The first-order chi connectivity index (χ1) is 11.5. The fourth-order valence-electron chi connectivity index (χ4n) is 4.44. The average Bonchev–Trinajstić information content (AvgIpc) is 2.66. The van der Waals surface area contributed by atoms with Crippen molar-refractivity contribution < 1.29 is 0 Å². The van der Waals surface area contributed by atoms with Crippen molar-refractivity contribution in [3.63, 3.8) is 0 Å². The van der Waals surface area contributed by atoms with Crippen LogP contribution in [-0.4, -0.2) is 0 Å². The molecule has 24 heavy (non-hydrogen) atoms. The Morgan fingerprint density at radius 1 is 0.500 bits per heavy atom. The Labute approximate surface area is 141 Å². The van der Waals surface area contributed by atoms with Gasteiger partial charge in [-0.3, -0.25) is 0 Å². The average molecular weight is 316 g/mol. The molecule has 0 N–H and O–H groups in total. The summed E-state index contributed by atoms with van der Waals surface area (Å²) in [5.41, 5.74) is -2.32. The van der Waals surface area contributed by atoms with Gasteiger partial charge in [-0.1, -0.05) is 0 Å². The molecule has 2 rings (SSSR count). The van der Waals surface area contributed by atoms with E-state index in [9.17, 15) is 31.6 Å². The third-order valence-electron chi connectivity index (χ3n) is 5.59. The predicted molar refractivity (Wildman–Crippen MR) is 80.2 cm³/mol. The molecule has 0 spiro atoms.